The molecule has 0 saturated carbocycles. The van der Waals surface area contributed by atoms with E-state index in [1.165, 1.54) is 38.7 Å². The molecule has 35 heavy (non-hydrogen) atoms. The monoisotopic (exact) mass is 550 g/mol. The Labute approximate surface area is 223 Å². The molecule has 2 N–H and O–H groups in total. The lowest BCUT2D eigenvalue weighted by molar-refractivity contribution is 0.0943. The second-order valence-corrected chi connectivity index (χ2v) is 8.79. The van der Waals surface area contributed by atoms with Crippen LogP contribution in [0.25, 0.3) is 0 Å². The van der Waals surface area contributed by atoms with Crippen LogP contribution in [0.5, 0.6) is 17.2 Å². The van der Waals surface area contributed by atoms with Gasteiger partial charge in [0.05, 0.1) is 26.9 Å². The number of anilines is 1. The summed E-state index contributed by atoms with van der Waals surface area (Å²) in [6.07, 6.45) is 0.842. The van der Waals surface area contributed by atoms with Crippen molar-refractivity contribution in [2.24, 2.45) is 0 Å². The number of carbonyl (C=O) groups is 2. The summed E-state index contributed by atoms with van der Waals surface area (Å²) in [5.74, 6) is 0.476. The Morgan fingerprint density at radius 3 is 2.06 bits per heavy atom. The summed E-state index contributed by atoms with van der Waals surface area (Å²) >= 11 is 1.17. The number of methoxy groups -OCH3 is 3. The third-order valence-corrected chi connectivity index (χ3v) is 5.87. The molecule has 198 valence electrons. The maximum Gasteiger partial charge on any atom is 0.270 e. The van der Waals surface area contributed by atoms with Crippen molar-refractivity contribution >= 4 is 53.1 Å². The van der Waals surface area contributed by atoms with Crippen LogP contribution in [0.15, 0.2) is 17.5 Å². The molecule has 0 fully saturated rings. The number of hydrogen-bond acceptors (Lipinski definition) is 8. The molecule has 1 aromatic heterocycles. The standard InChI is InChI=1S/C23H34N4O5S.2ClH/c1-14(2)27(15(3)4)10-8-9-24-22(29)17-13-33-23(25-17)26-21(28)16-11-19(31-6)20(32-7)12-18(16)30-5;;/h11-15H,8-10H2,1-7H3,(H,24,29)(H,25,26,28);2*1H. The van der Waals surface area contributed by atoms with Crippen molar-refractivity contribution < 1.29 is 23.8 Å². The maximum atomic E-state index is 12.8. The summed E-state index contributed by atoms with van der Waals surface area (Å²) in [4.78, 5) is 31.9. The fourth-order valence-corrected chi connectivity index (χ4v) is 4.16. The third kappa shape index (κ3) is 9.03. The van der Waals surface area contributed by atoms with Gasteiger partial charge in [-0.15, -0.1) is 36.2 Å². The Morgan fingerprint density at radius 1 is 0.943 bits per heavy atom. The van der Waals surface area contributed by atoms with Crippen LogP contribution >= 0.6 is 36.2 Å². The molecule has 2 rings (SSSR count). The number of benzene rings is 1. The van der Waals surface area contributed by atoms with E-state index in [9.17, 15) is 9.59 Å². The van der Waals surface area contributed by atoms with Crippen molar-refractivity contribution in [3.63, 3.8) is 0 Å². The number of carbonyl (C=O) groups excluding carboxylic acids is 2. The molecule has 0 bridgehead atoms. The first-order valence-electron chi connectivity index (χ1n) is 10.8. The van der Waals surface area contributed by atoms with Crippen LogP contribution in [0.3, 0.4) is 0 Å². The summed E-state index contributed by atoms with van der Waals surface area (Å²) in [6, 6.07) is 4.02. The number of nitrogens with zero attached hydrogens (tertiary/aromatic N) is 2. The van der Waals surface area contributed by atoms with Crippen molar-refractivity contribution in [1.82, 2.24) is 15.2 Å². The minimum atomic E-state index is -0.434. The fourth-order valence-electron chi connectivity index (χ4n) is 3.47. The van der Waals surface area contributed by atoms with Crippen LogP contribution in [0.4, 0.5) is 5.13 Å². The molecule has 0 aliphatic heterocycles. The highest BCUT2D eigenvalue weighted by Crippen LogP contribution is 2.35. The first-order valence-corrected chi connectivity index (χ1v) is 11.7. The topological polar surface area (TPSA) is 102 Å². The van der Waals surface area contributed by atoms with Crippen LogP contribution in [0.2, 0.25) is 0 Å². The van der Waals surface area contributed by atoms with Crippen LogP contribution in [0.1, 0.15) is 55.0 Å². The SMILES string of the molecule is COc1cc(OC)c(C(=O)Nc2nc(C(=O)NCCCN(C(C)C)C(C)C)cs2)cc1OC.Cl.Cl. The summed E-state index contributed by atoms with van der Waals surface area (Å²) < 4.78 is 15.8. The smallest absolute Gasteiger partial charge is 0.270 e. The molecule has 0 atom stereocenters. The highest BCUT2D eigenvalue weighted by molar-refractivity contribution is 7.14. The van der Waals surface area contributed by atoms with E-state index in [1.54, 1.807) is 11.4 Å². The van der Waals surface area contributed by atoms with E-state index >= 15 is 0 Å². The lowest BCUT2D eigenvalue weighted by atomic mass is 10.1. The number of aromatic nitrogens is 1. The third-order valence-electron chi connectivity index (χ3n) is 5.11. The molecule has 0 spiro atoms. The van der Waals surface area contributed by atoms with E-state index in [-0.39, 0.29) is 42.0 Å². The molecule has 0 unspecified atom stereocenters. The van der Waals surface area contributed by atoms with Gasteiger partial charge >= 0.3 is 0 Å². The van der Waals surface area contributed by atoms with Gasteiger partial charge in [0.2, 0.25) is 0 Å². The van der Waals surface area contributed by atoms with Gasteiger partial charge in [-0.1, -0.05) is 0 Å². The summed E-state index contributed by atoms with van der Waals surface area (Å²) in [5, 5.41) is 7.53. The average molecular weight is 552 g/mol. The van der Waals surface area contributed by atoms with Crippen molar-refractivity contribution in [3.05, 3.63) is 28.8 Å². The zero-order valence-electron chi connectivity index (χ0n) is 21.2. The van der Waals surface area contributed by atoms with E-state index in [0.717, 1.165) is 13.0 Å². The normalized spacial score (nSPS) is 10.5. The Morgan fingerprint density at radius 2 is 1.51 bits per heavy atom. The van der Waals surface area contributed by atoms with E-state index in [4.69, 9.17) is 14.2 Å². The number of thiazole rings is 1. The van der Waals surface area contributed by atoms with Crippen LogP contribution in [0, 0.1) is 0 Å². The predicted octanol–water partition coefficient (Wildman–Crippen LogP) is 4.50. The molecule has 0 saturated heterocycles. The van der Waals surface area contributed by atoms with Crippen molar-refractivity contribution in [1.29, 1.82) is 0 Å². The summed E-state index contributed by atoms with van der Waals surface area (Å²) in [5.41, 5.74) is 0.523. The van der Waals surface area contributed by atoms with Crippen molar-refractivity contribution in [3.8, 4) is 17.2 Å². The van der Waals surface area contributed by atoms with Crippen molar-refractivity contribution in [2.75, 3.05) is 39.7 Å². The largest absolute Gasteiger partial charge is 0.496 e. The molecule has 2 aromatic rings. The first kappa shape index (κ1) is 32.7. The highest BCUT2D eigenvalue weighted by atomic mass is 35.5. The molecule has 0 aliphatic rings. The molecular weight excluding hydrogens is 515 g/mol. The van der Waals surface area contributed by atoms with Gasteiger partial charge in [-0.25, -0.2) is 4.98 Å². The summed E-state index contributed by atoms with van der Waals surface area (Å²) in [6.45, 7) is 10.1. The van der Waals surface area contributed by atoms with Gasteiger partial charge in [0, 0.05) is 42.7 Å². The quantitative estimate of drug-likeness (QED) is 0.375. The lowest BCUT2D eigenvalue weighted by Crippen LogP contribution is -2.39. The lowest BCUT2D eigenvalue weighted by Gasteiger charge is -2.30. The number of nitrogens with one attached hydrogen (secondary N) is 2. The van der Waals surface area contributed by atoms with Gasteiger partial charge in [0.1, 0.15) is 11.4 Å². The molecule has 0 aliphatic carbocycles. The Hall–Kier alpha value is -2.27. The Bertz CT molecular complexity index is 948. The molecule has 12 heteroatoms. The Balaban J connectivity index is 0.00000578. The number of rotatable bonds is 12. The van der Waals surface area contributed by atoms with Gasteiger partial charge in [0.15, 0.2) is 16.6 Å². The molecule has 1 aromatic carbocycles. The Kier molecular flexibility index (Phi) is 14.7. The van der Waals surface area contributed by atoms with Gasteiger partial charge < -0.3 is 19.5 Å². The highest BCUT2D eigenvalue weighted by Gasteiger charge is 2.20. The van der Waals surface area contributed by atoms with E-state index in [0.29, 0.717) is 41.0 Å². The van der Waals surface area contributed by atoms with E-state index in [2.05, 4.69) is 48.2 Å². The minimum absolute atomic E-state index is 0. The second kappa shape index (κ2) is 15.7. The number of hydrogen-bond donors (Lipinski definition) is 2. The van der Waals surface area contributed by atoms with E-state index in [1.807, 2.05) is 0 Å². The van der Waals surface area contributed by atoms with Crippen LogP contribution < -0.4 is 24.8 Å². The van der Waals surface area contributed by atoms with Gasteiger partial charge in [0.25, 0.3) is 11.8 Å². The number of amides is 2. The molecule has 0 radical (unpaired) electrons. The molecule has 1 heterocycles. The molecular formula is C23H36Cl2N4O5S. The zero-order valence-corrected chi connectivity index (χ0v) is 23.6. The molecule has 9 nitrogen and oxygen atoms in total. The van der Waals surface area contributed by atoms with Crippen molar-refractivity contribution in [2.45, 2.75) is 46.2 Å². The fraction of sp³-hybridized carbons (Fsp3) is 0.522. The van der Waals surface area contributed by atoms with Gasteiger partial charge in [-0.05, 0) is 34.1 Å². The maximum absolute atomic E-state index is 12.8. The average Bonchev–Trinajstić information content (AvgIpc) is 3.25. The first-order chi connectivity index (χ1) is 15.7. The summed E-state index contributed by atoms with van der Waals surface area (Å²) in [7, 11) is 4.45. The second-order valence-electron chi connectivity index (χ2n) is 7.93. The van der Waals surface area contributed by atoms with Gasteiger partial charge in [-0.2, -0.15) is 0 Å². The van der Waals surface area contributed by atoms with Gasteiger partial charge in [-0.3, -0.25) is 19.8 Å². The van der Waals surface area contributed by atoms with Crippen LogP contribution in [-0.4, -0.2) is 68.2 Å². The van der Waals surface area contributed by atoms with Crippen LogP contribution in [-0.2, 0) is 0 Å². The number of ether oxygens (including phenoxy) is 3. The zero-order chi connectivity index (χ0) is 24.5. The minimum Gasteiger partial charge on any atom is -0.496 e. The molecule has 2 amide bonds. The number of halogens is 2. The predicted molar refractivity (Wildman–Crippen MR) is 145 cm³/mol. The van der Waals surface area contributed by atoms with E-state index < -0.39 is 5.91 Å².